The number of hydrogen-bond donors (Lipinski definition) is 2. The number of piperazine rings is 1. The molecule has 0 saturated carbocycles. The van der Waals surface area contributed by atoms with Crippen LogP contribution in [-0.2, 0) is 19.5 Å². The largest absolute Gasteiger partial charge is 0.467 e. The van der Waals surface area contributed by atoms with E-state index in [-0.39, 0.29) is 11.1 Å². The molecule has 1 aliphatic carbocycles. The number of anilines is 2. The molecule has 1 heterocycles. The van der Waals surface area contributed by atoms with Crippen LogP contribution >= 0.6 is 11.6 Å². The third-order valence-electron chi connectivity index (χ3n) is 9.01. The number of halogens is 4. The number of nitrogens with one attached hydrogen (secondary N) is 1. The molecule has 0 spiro atoms. The van der Waals surface area contributed by atoms with E-state index >= 15 is 0 Å². The summed E-state index contributed by atoms with van der Waals surface area (Å²) in [6.45, 7) is 12.8. The summed E-state index contributed by atoms with van der Waals surface area (Å²) >= 11 is 6.15. The lowest BCUT2D eigenvalue weighted by molar-refractivity contribution is -0.0392. The van der Waals surface area contributed by atoms with Crippen molar-refractivity contribution in [2.24, 2.45) is 5.41 Å². The number of benzene rings is 3. The maximum absolute atomic E-state index is 13.4. The van der Waals surface area contributed by atoms with E-state index in [0.717, 1.165) is 74.8 Å². The van der Waals surface area contributed by atoms with Crippen LogP contribution in [0.5, 0.6) is 0 Å². The molecule has 0 amide bonds. The van der Waals surface area contributed by atoms with Gasteiger partial charge in [0.15, 0.2) is 0 Å². The summed E-state index contributed by atoms with van der Waals surface area (Å²) in [5.41, 5.74) is 5.84. The molecule has 1 saturated heterocycles. The molecule has 0 bridgehead atoms. The van der Waals surface area contributed by atoms with Gasteiger partial charge in [0.2, 0.25) is 0 Å². The van der Waals surface area contributed by atoms with E-state index in [1.165, 1.54) is 16.7 Å². The average molecular weight is 721 g/mol. The third kappa shape index (κ3) is 7.88. The lowest BCUT2D eigenvalue weighted by Crippen LogP contribution is -2.47. The molecular formula is C35H40ClF3N4O3S2. The van der Waals surface area contributed by atoms with E-state index in [9.17, 15) is 25.8 Å². The molecule has 2 aliphatic rings. The number of hydrogen-bond acceptors (Lipinski definition) is 6. The molecule has 1 aliphatic heterocycles. The van der Waals surface area contributed by atoms with Crippen molar-refractivity contribution in [3.8, 4) is 0 Å². The second-order valence-corrected chi connectivity index (χ2v) is 17.5. The van der Waals surface area contributed by atoms with Gasteiger partial charge in [-0.15, -0.1) is 0 Å². The summed E-state index contributed by atoms with van der Waals surface area (Å²) < 4.78 is 80.9. The molecule has 1 atom stereocenters. The number of alkyl halides is 3. The van der Waals surface area contributed by atoms with Gasteiger partial charge in [0.25, 0.3) is 10.0 Å². The number of nitrogen functional groups attached to an aromatic ring is 1. The van der Waals surface area contributed by atoms with Gasteiger partial charge < -0.3 is 10.6 Å². The van der Waals surface area contributed by atoms with Gasteiger partial charge in [0, 0.05) is 54.8 Å². The highest BCUT2D eigenvalue weighted by molar-refractivity contribution is 8.01. The Labute approximate surface area is 286 Å². The van der Waals surface area contributed by atoms with Crippen LogP contribution in [0.4, 0.5) is 24.5 Å². The molecule has 7 nitrogen and oxygen atoms in total. The summed E-state index contributed by atoms with van der Waals surface area (Å²) in [7, 11) is -9.26. The maximum Gasteiger partial charge on any atom is 0.467 e. The van der Waals surface area contributed by atoms with E-state index in [2.05, 4.69) is 53.0 Å². The molecular weight excluding hydrogens is 681 g/mol. The predicted octanol–water partition coefficient (Wildman–Crippen LogP) is 7.25. The van der Waals surface area contributed by atoms with E-state index < -0.39 is 40.5 Å². The Morgan fingerprint density at radius 3 is 2.21 bits per heavy atom. The first-order valence-corrected chi connectivity index (χ1v) is 19.0. The number of nitrogens with zero attached hydrogens (tertiary/aromatic N) is 2. The van der Waals surface area contributed by atoms with E-state index in [1.807, 2.05) is 24.3 Å². The van der Waals surface area contributed by atoms with Crippen molar-refractivity contribution in [1.82, 2.24) is 9.62 Å². The number of allylic oxidation sites excluding steroid dienone is 1. The van der Waals surface area contributed by atoms with Crippen LogP contribution < -0.4 is 15.4 Å². The minimum absolute atomic E-state index is 0.0242. The van der Waals surface area contributed by atoms with Crippen LogP contribution in [0, 0.1) is 5.41 Å². The topological polar surface area (TPSA) is 95.7 Å². The zero-order chi connectivity index (χ0) is 35.1. The molecule has 3 aromatic carbocycles. The molecule has 258 valence electrons. The zero-order valence-electron chi connectivity index (χ0n) is 26.9. The Kier molecular flexibility index (Phi) is 10.0. The van der Waals surface area contributed by atoms with E-state index in [4.69, 9.17) is 17.3 Å². The van der Waals surface area contributed by atoms with E-state index in [1.54, 1.807) is 12.1 Å². The second kappa shape index (κ2) is 13.5. The van der Waals surface area contributed by atoms with Gasteiger partial charge in [-0.05, 0) is 89.7 Å². The van der Waals surface area contributed by atoms with Crippen LogP contribution in [0.3, 0.4) is 0 Å². The minimum Gasteiger partial charge on any atom is -0.398 e. The van der Waals surface area contributed by atoms with Crippen molar-refractivity contribution >= 4 is 59.7 Å². The molecule has 1 unspecified atom stereocenters. The monoisotopic (exact) mass is 720 g/mol. The van der Waals surface area contributed by atoms with E-state index in [0.29, 0.717) is 11.6 Å². The smallest absolute Gasteiger partial charge is 0.398 e. The van der Waals surface area contributed by atoms with Gasteiger partial charge in [-0.1, -0.05) is 61.9 Å². The van der Waals surface area contributed by atoms with Crippen LogP contribution in [0.1, 0.15) is 44.2 Å². The molecule has 0 radical (unpaired) electrons. The van der Waals surface area contributed by atoms with Crippen LogP contribution in [0.15, 0.2) is 88.7 Å². The SMILES string of the molecule is C=C(NS(=O)(=O)c1ccc(N)c(S(=C)(=O)C(F)(F)F)c1)c1ccc(N2CCN(CC3=C(c4ccc(Cl)cc4)CCC(C)(C)C3)CC2)cc1. The minimum atomic E-state index is -5.21. The fraction of sp³-hybridized carbons (Fsp3) is 0.343. The number of nitrogens with two attached hydrogens (primary N) is 1. The first-order chi connectivity index (χ1) is 22.4. The van der Waals surface area contributed by atoms with Gasteiger partial charge >= 0.3 is 5.51 Å². The number of rotatable bonds is 9. The van der Waals surface area contributed by atoms with Gasteiger partial charge in [-0.25, -0.2) is 8.42 Å². The van der Waals surface area contributed by atoms with Crippen molar-refractivity contribution < 1.29 is 25.8 Å². The van der Waals surface area contributed by atoms with Crippen molar-refractivity contribution in [3.63, 3.8) is 0 Å². The molecule has 3 N–H and O–H groups in total. The fourth-order valence-electron chi connectivity index (χ4n) is 6.24. The molecule has 5 rings (SSSR count). The van der Waals surface area contributed by atoms with Crippen molar-refractivity contribution in [2.75, 3.05) is 43.4 Å². The molecule has 13 heteroatoms. The molecule has 3 aromatic rings. The van der Waals surface area contributed by atoms with Crippen molar-refractivity contribution in [2.45, 2.75) is 48.4 Å². The second-order valence-electron chi connectivity index (χ2n) is 13.1. The Bertz CT molecular complexity index is 1930. The van der Waals surface area contributed by atoms with Gasteiger partial charge in [-0.2, -0.15) is 13.2 Å². The molecule has 48 heavy (non-hydrogen) atoms. The lowest BCUT2D eigenvalue weighted by atomic mass is 9.73. The Morgan fingerprint density at radius 1 is 0.979 bits per heavy atom. The standard InChI is InChI=1S/C35H40ClF3N4O3S2/c1-24(41-48(45,46)30-13-14-32(40)33(21-30)47(4,44)35(37,38)39)25-7-11-29(12-8-25)43-19-17-42(18-20-43)23-27-22-34(2,3)16-15-31(27)26-5-9-28(36)10-6-26/h5-14,21,41H,1,4,15-20,22-23,40H2,2-3H3. The fourth-order valence-corrected chi connectivity index (χ4v) is 8.54. The normalized spacial score (nSPS) is 18.8. The summed E-state index contributed by atoms with van der Waals surface area (Å²) in [5, 5.41) is 0.735. The van der Waals surface area contributed by atoms with Gasteiger partial charge in [-0.3, -0.25) is 13.8 Å². The predicted molar refractivity (Wildman–Crippen MR) is 191 cm³/mol. The highest BCUT2D eigenvalue weighted by atomic mass is 35.5. The number of sulfonamides is 1. The first kappa shape index (κ1) is 35.8. The van der Waals surface area contributed by atoms with Gasteiger partial charge in [0.05, 0.1) is 19.3 Å². The quantitative estimate of drug-likeness (QED) is 0.179. The Balaban J connectivity index is 1.22. The lowest BCUT2D eigenvalue weighted by Gasteiger charge is -2.39. The first-order valence-electron chi connectivity index (χ1n) is 15.5. The van der Waals surface area contributed by atoms with Crippen molar-refractivity contribution in [1.29, 1.82) is 0 Å². The Morgan fingerprint density at radius 2 is 1.60 bits per heavy atom. The summed E-state index contributed by atoms with van der Waals surface area (Å²) in [6.07, 6.45) is 3.26. The van der Waals surface area contributed by atoms with Crippen LogP contribution in [0.25, 0.3) is 11.3 Å². The van der Waals surface area contributed by atoms with Gasteiger partial charge in [0.1, 0.15) is 0 Å². The van der Waals surface area contributed by atoms with Crippen LogP contribution in [-0.4, -0.2) is 61.6 Å². The van der Waals surface area contributed by atoms with Crippen LogP contribution in [0.2, 0.25) is 5.02 Å². The molecule has 0 aromatic heterocycles. The Hall–Kier alpha value is -3.45. The summed E-state index contributed by atoms with van der Waals surface area (Å²) in [5.74, 6) is 2.78. The van der Waals surface area contributed by atoms with Crippen molar-refractivity contribution in [3.05, 3.63) is 95.0 Å². The highest BCUT2D eigenvalue weighted by Gasteiger charge is 2.42. The summed E-state index contributed by atoms with van der Waals surface area (Å²) in [6, 6.07) is 18.0. The third-order valence-corrected chi connectivity index (χ3v) is 12.5. The highest BCUT2D eigenvalue weighted by Crippen LogP contribution is 2.43. The average Bonchev–Trinajstić information content (AvgIpc) is 3.01. The maximum atomic E-state index is 13.4. The molecule has 1 fully saturated rings. The summed E-state index contributed by atoms with van der Waals surface area (Å²) in [4.78, 5) is 3.34. The zero-order valence-corrected chi connectivity index (χ0v) is 29.3.